The molecule has 0 atom stereocenters. The third-order valence-corrected chi connectivity index (χ3v) is 4.09. The van der Waals surface area contributed by atoms with Gasteiger partial charge in [-0.2, -0.15) is 5.10 Å². The molecule has 2 heterocycles. The van der Waals surface area contributed by atoms with Gasteiger partial charge in [0.25, 0.3) is 0 Å². The van der Waals surface area contributed by atoms with Crippen LogP contribution in [0.5, 0.6) is 0 Å². The summed E-state index contributed by atoms with van der Waals surface area (Å²) in [5, 5.41) is 4.76. The summed E-state index contributed by atoms with van der Waals surface area (Å²) < 4.78 is 7.73. The van der Waals surface area contributed by atoms with Crippen molar-refractivity contribution < 1.29 is 4.42 Å². The summed E-state index contributed by atoms with van der Waals surface area (Å²) in [6.45, 7) is 0. The predicted molar refractivity (Wildman–Crippen MR) is 83.5 cm³/mol. The Morgan fingerprint density at radius 2 is 2.00 bits per heavy atom. The fourth-order valence-electron chi connectivity index (χ4n) is 2.12. The highest BCUT2D eigenvalue weighted by Gasteiger charge is 2.21. The Hall–Kier alpha value is -1.72. The molecule has 1 aromatic carbocycles. The van der Waals surface area contributed by atoms with Crippen molar-refractivity contribution in [2.24, 2.45) is 7.05 Å². The number of hydrogen-bond acceptors (Lipinski definition) is 3. The molecule has 0 aliphatic heterocycles. The van der Waals surface area contributed by atoms with Gasteiger partial charge in [0.05, 0.1) is 17.4 Å². The fourth-order valence-corrected chi connectivity index (χ4v) is 2.80. The van der Waals surface area contributed by atoms with Gasteiger partial charge < -0.3 is 10.2 Å². The number of nitrogen functional groups attached to an aromatic ring is 1. The Labute approximate surface area is 129 Å². The standard InChI is InChI=1S/C14H11BrClN3O/c1-19-14(17)11(8-4-2-3-5-10(8)15)12(18-19)9-6-7-20-13(9)16/h2-7H,17H2,1H3. The highest BCUT2D eigenvalue weighted by molar-refractivity contribution is 9.10. The van der Waals surface area contributed by atoms with Crippen molar-refractivity contribution >= 4 is 33.3 Å². The van der Waals surface area contributed by atoms with Gasteiger partial charge in [-0.15, -0.1) is 0 Å². The average molecular weight is 353 g/mol. The van der Waals surface area contributed by atoms with E-state index in [-0.39, 0.29) is 0 Å². The largest absolute Gasteiger partial charge is 0.452 e. The normalized spacial score (nSPS) is 10.9. The van der Waals surface area contributed by atoms with Gasteiger partial charge in [0.2, 0.25) is 5.22 Å². The summed E-state index contributed by atoms with van der Waals surface area (Å²) in [6, 6.07) is 9.62. The molecule has 0 bridgehead atoms. The minimum Gasteiger partial charge on any atom is -0.452 e. The number of nitrogens with two attached hydrogens (primary N) is 1. The molecule has 0 aliphatic carbocycles. The minimum atomic E-state index is 0.302. The Morgan fingerprint density at radius 1 is 1.25 bits per heavy atom. The summed E-state index contributed by atoms with van der Waals surface area (Å²) in [5.74, 6) is 0.573. The van der Waals surface area contributed by atoms with Crippen LogP contribution in [0.25, 0.3) is 22.4 Å². The molecule has 0 radical (unpaired) electrons. The van der Waals surface area contributed by atoms with Gasteiger partial charge in [-0.1, -0.05) is 34.1 Å². The van der Waals surface area contributed by atoms with Crippen molar-refractivity contribution in [3.05, 3.63) is 46.3 Å². The zero-order chi connectivity index (χ0) is 14.3. The zero-order valence-electron chi connectivity index (χ0n) is 10.6. The molecule has 6 heteroatoms. The summed E-state index contributed by atoms with van der Waals surface area (Å²) in [6.07, 6.45) is 1.53. The number of rotatable bonds is 2. The van der Waals surface area contributed by atoms with Crippen LogP contribution in [0.15, 0.2) is 45.5 Å². The van der Waals surface area contributed by atoms with Crippen molar-refractivity contribution in [3.8, 4) is 22.4 Å². The number of anilines is 1. The summed E-state index contributed by atoms with van der Waals surface area (Å²) in [5.41, 5.74) is 9.40. The first kappa shape index (κ1) is 13.3. The van der Waals surface area contributed by atoms with E-state index in [9.17, 15) is 0 Å². The molecule has 3 aromatic rings. The Kier molecular flexibility index (Phi) is 3.31. The van der Waals surface area contributed by atoms with Crippen LogP contribution in [0.3, 0.4) is 0 Å². The molecular formula is C14H11BrClN3O. The van der Waals surface area contributed by atoms with Crippen LogP contribution < -0.4 is 5.73 Å². The minimum absolute atomic E-state index is 0.302. The summed E-state index contributed by atoms with van der Waals surface area (Å²) in [4.78, 5) is 0. The third kappa shape index (κ3) is 2.03. The molecule has 0 unspecified atom stereocenters. The molecule has 0 aliphatic rings. The smallest absolute Gasteiger partial charge is 0.202 e. The second kappa shape index (κ2) is 5.00. The Morgan fingerprint density at radius 3 is 2.65 bits per heavy atom. The zero-order valence-corrected chi connectivity index (χ0v) is 12.9. The Bertz CT molecular complexity index is 779. The van der Waals surface area contributed by atoms with Crippen molar-refractivity contribution in [1.29, 1.82) is 0 Å². The SMILES string of the molecule is Cn1nc(-c2ccoc2Cl)c(-c2ccccc2Br)c1N. The lowest BCUT2D eigenvalue weighted by atomic mass is 10.0. The number of aromatic nitrogens is 2. The highest BCUT2D eigenvalue weighted by Crippen LogP contribution is 2.41. The van der Waals surface area contributed by atoms with Crippen molar-refractivity contribution in [2.75, 3.05) is 5.73 Å². The van der Waals surface area contributed by atoms with E-state index in [0.717, 1.165) is 21.2 Å². The second-order valence-corrected chi connectivity index (χ2v) is 5.52. The van der Waals surface area contributed by atoms with E-state index in [4.69, 9.17) is 21.8 Å². The molecule has 102 valence electrons. The van der Waals surface area contributed by atoms with E-state index < -0.39 is 0 Å². The van der Waals surface area contributed by atoms with Crippen LogP contribution >= 0.6 is 27.5 Å². The van der Waals surface area contributed by atoms with Crippen LogP contribution in [0, 0.1) is 0 Å². The molecule has 0 saturated heterocycles. The molecule has 4 nitrogen and oxygen atoms in total. The van der Waals surface area contributed by atoms with Gasteiger partial charge in [-0.3, -0.25) is 4.68 Å². The van der Waals surface area contributed by atoms with E-state index in [0.29, 0.717) is 16.7 Å². The van der Waals surface area contributed by atoms with E-state index in [1.165, 1.54) is 6.26 Å². The fraction of sp³-hybridized carbons (Fsp3) is 0.0714. The lowest BCUT2D eigenvalue weighted by molar-refractivity contribution is 0.570. The summed E-state index contributed by atoms with van der Waals surface area (Å²) in [7, 11) is 1.80. The average Bonchev–Trinajstić information content (AvgIpc) is 2.96. The topological polar surface area (TPSA) is 57.0 Å². The van der Waals surface area contributed by atoms with Crippen molar-refractivity contribution in [2.45, 2.75) is 0 Å². The van der Waals surface area contributed by atoms with E-state index in [2.05, 4.69) is 21.0 Å². The Balaban J connectivity index is 2.31. The predicted octanol–water partition coefficient (Wildman–Crippen LogP) is 4.35. The molecule has 2 N–H and O–H groups in total. The first-order chi connectivity index (χ1) is 9.59. The van der Waals surface area contributed by atoms with E-state index >= 15 is 0 Å². The van der Waals surface area contributed by atoms with E-state index in [1.54, 1.807) is 17.8 Å². The maximum absolute atomic E-state index is 6.17. The van der Waals surface area contributed by atoms with Gasteiger partial charge in [0.15, 0.2) is 0 Å². The first-order valence-corrected chi connectivity index (χ1v) is 7.07. The second-order valence-electron chi connectivity index (χ2n) is 4.32. The lowest BCUT2D eigenvalue weighted by Gasteiger charge is -2.05. The molecule has 0 fully saturated rings. The molecular weight excluding hydrogens is 342 g/mol. The molecule has 0 amide bonds. The van der Waals surface area contributed by atoms with Crippen LogP contribution in [0.1, 0.15) is 0 Å². The number of aryl methyl sites for hydroxylation is 1. The third-order valence-electron chi connectivity index (χ3n) is 3.11. The number of hydrogen-bond donors (Lipinski definition) is 1. The number of benzene rings is 1. The first-order valence-electron chi connectivity index (χ1n) is 5.90. The van der Waals surface area contributed by atoms with Gasteiger partial charge >= 0.3 is 0 Å². The number of furan rings is 1. The van der Waals surface area contributed by atoms with Gasteiger partial charge in [-0.05, 0) is 23.7 Å². The summed E-state index contributed by atoms with van der Waals surface area (Å²) >= 11 is 9.61. The van der Waals surface area contributed by atoms with Crippen molar-refractivity contribution in [1.82, 2.24) is 9.78 Å². The van der Waals surface area contributed by atoms with Crippen LogP contribution in [-0.4, -0.2) is 9.78 Å². The molecule has 0 saturated carbocycles. The van der Waals surface area contributed by atoms with Crippen LogP contribution in [0.4, 0.5) is 5.82 Å². The number of halogens is 2. The van der Waals surface area contributed by atoms with Crippen LogP contribution in [0.2, 0.25) is 5.22 Å². The maximum atomic E-state index is 6.17. The molecule has 20 heavy (non-hydrogen) atoms. The molecule has 0 spiro atoms. The number of nitrogens with zero attached hydrogens (tertiary/aromatic N) is 2. The monoisotopic (exact) mass is 351 g/mol. The van der Waals surface area contributed by atoms with E-state index in [1.807, 2.05) is 24.3 Å². The van der Waals surface area contributed by atoms with Gasteiger partial charge in [-0.25, -0.2) is 0 Å². The highest BCUT2D eigenvalue weighted by atomic mass is 79.9. The lowest BCUT2D eigenvalue weighted by Crippen LogP contribution is -1.98. The van der Waals surface area contributed by atoms with Crippen molar-refractivity contribution in [3.63, 3.8) is 0 Å². The van der Waals surface area contributed by atoms with Gasteiger partial charge in [0, 0.05) is 17.1 Å². The molecule has 3 rings (SSSR count). The molecule has 2 aromatic heterocycles. The maximum Gasteiger partial charge on any atom is 0.202 e. The van der Waals surface area contributed by atoms with Gasteiger partial charge in [0.1, 0.15) is 11.5 Å². The van der Waals surface area contributed by atoms with Crippen LogP contribution in [-0.2, 0) is 7.05 Å². The quantitative estimate of drug-likeness (QED) is 0.746.